The van der Waals surface area contributed by atoms with Crippen molar-refractivity contribution in [1.82, 2.24) is 0 Å². The first-order valence-electron chi connectivity index (χ1n) is 6.03. The summed E-state index contributed by atoms with van der Waals surface area (Å²) in [6, 6.07) is 11.5. The smallest absolute Gasteiger partial charge is 0.129 e. The van der Waals surface area contributed by atoms with E-state index in [0.717, 1.165) is 4.91 Å². The summed E-state index contributed by atoms with van der Waals surface area (Å²) in [7, 11) is -1.67. The molecule has 0 bridgehead atoms. The van der Waals surface area contributed by atoms with Crippen LogP contribution in [0.1, 0.15) is 0 Å². The van der Waals surface area contributed by atoms with Crippen molar-refractivity contribution < 1.29 is 0 Å². The molecule has 0 aliphatic rings. The van der Waals surface area contributed by atoms with Crippen molar-refractivity contribution in [2.45, 2.75) is 44.2 Å². The van der Waals surface area contributed by atoms with Crippen LogP contribution < -0.4 is 5.30 Å². The van der Waals surface area contributed by atoms with Crippen LogP contribution in [0.5, 0.6) is 0 Å². The van der Waals surface area contributed by atoms with Crippen molar-refractivity contribution in [1.29, 1.82) is 0 Å². The highest BCUT2D eigenvalue weighted by molar-refractivity contribution is 7.92. The van der Waals surface area contributed by atoms with E-state index in [9.17, 15) is 0 Å². The quantitative estimate of drug-likeness (QED) is 0.588. The maximum atomic E-state index is 2.60. The van der Waals surface area contributed by atoms with Crippen molar-refractivity contribution in [3.63, 3.8) is 0 Å². The average molecular weight is 282 g/mol. The molecule has 0 heterocycles. The van der Waals surface area contributed by atoms with E-state index in [1.165, 1.54) is 0 Å². The lowest BCUT2D eigenvalue weighted by atomic mass is 10.4. The van der Waals surface area contributed by atoms with Crippen molar-refractivity contribution >= 4 is 36.8 Å². The lowest BCUT2D eigenvalue weighted by Crippen LogP contribution is -2.53. The molecule has 0 spiro atoms. The molecule has 1 aromatic rings. The number of hydrogen-bond acceptors (Lipinski definition) is 0. The molecule has 0 aliphatic carbocycles. The second-order valence-corrected chi connectivity index (χ2v) is 20.5. The molecule has 4 heteroatoms. The fourth-order valence-electron chi connectivity index (χ4n) is 2.43. The van der Waals surface area contributed by atoms with E-state index in [-0.39, 0.29) is 7.80 Å². The zero-order valence-corrected chi connectivity index (χ0v) is 14.5. The molecular formula is C13H28BPSi2. The summed E-state index contributed by atoms with van der Waals surface area (Å²) in [5.74, 6) is 0. The van der Waals surface area contributed by atoms with Gasteiger partial charge in [-0.3, -0.25) is 0 Å². The molecule has 17 heavy (non-hydrogen) atoms. The Kier molecular flexibility index (Phi) is 4.85. The van der Waals surface area contributed by atoms with Crippen LogP contribution >= 0.6 is 7.80 Å². The lowest BCUT2D eigenvalue weighted by Gasteiger charge is -2.40. The van der Waals surface area contributed by atoms with Crippen molar-refractivity contribution in [2.24, 2.45) is 0 Å². The summed E-state index contributed by atoms with van der Waals surface area (Å²) in [4.78, 5) is 1.15. The van der Waals surface area contributed by atoms with Crippen LogP contribution in [0, 0.1) is 0 Å². The molecule has 0 aliphatic heterocycles. The Morgan fingerprint density at radius 2 is 1.29 bits per heavy atom. The summed E-state index contributed by atoms with van der Waals surface area (Å²) in [6.45, 7) is 15.6. The van der Waals surface area contributed by atoms with Crippen LogP contribution in [0.4, 0.5) is 0 Å². The van der Waals surface area contributed by atoms with Gasteiger partial charge in [-0.1, -0.05) is 57.5 Å². The summed E-state index contributed by atoms with van der Waals surface area (Å²) >= 11 is 0. The van der Waals surface area contributed by atoms with Crippen LogP contribution in [-0.4, -0.2) is 28.6 Å². The zero-order valence-electron chi connectivity index (χ0n) is 11.5. The fourth-order valence-corrected chi connectivity index (χ4v) is 18.0. The first-order chi connectivity index (χ1) is 7.64. The van der Waals surface area contributed by atoms with Gasteiger partial charge in [-0.05, 0) is 12.1 Å². The molecule has 0 fully saturated rings. The number of rotatable bonds is 4. The van der Waals surface area contributed by atoms with E-state index in [2.05, 4.69) is 69.6 Å². The SMILES string of the molecule is [BH3-][PH+](c1ccccc1)C([Si](C)(C)C)[Si](C)(C)C. The third kappa shape index (κ3) is 4.08. The molecule has 1 atom stereocenters. The summed E-state index contributed by atoms with van der Waals surface area (Å²) in [5.41, 5.74) is 0. The van der Waals surface area contributed by atoms with Gasteiger partial charge in [-0.2, -0.15) is 0 Å². The van der Waals surface area contributed by atoms with Gasteiger partial charge in [0.1, 0.15) is 7.57 Å². The summed E-state index contributed by atoms with van der Waals surface area (Å²) in [5, 5.41) is 1.74. The normalized spacial score (nSPS) is 15.1. The van der Waals surface area contributed by atoms with Crippen LogP contribution in [-0.2, 0) is 0 Å². The van der Waals surface area contributed by atoms with Crippen LogP contribution in [0.25, 0.3) is 0 Å². The van der Waals surface area contributed by atoms with Crippen LogP contribution in [0.2, 0.25) is 39.3 Å². The first-order valence-corrected chi connectivity index (χ1v) is 14.3. The Balaban J connectivity index is 3.09. The Labute approximate surface area is 111 Å². The Hall–Kier alpha value is 0.149. The topological polar surface area (TPSA) is 0 Å². The second-order valence-electron chi connectivity index (χ2n) is 6.68. The predicted molar refractivity (Wildman–Crippen MR) is 94.8 cm³/mol. The standard InChI is InChI=1S/C13H28BPSi2/c1-16(2,3)13(17(4,5)6)15(14)12-10-8-7-9-11-12/h7-11,13,15H,1-6,14H3. The molecule has 96 valence electrons. The average Bonchev–Trinajstić information content (AvgIpc) is 2.14. The first kappa shape index (κ1) is 15.2. The van der Waals surface area contributed by atoms with Gasteiger partial charge in [-0.15, -0.1) is 7.80 Å². The van der Waals surface area contributed by atoms with Crippen molar-refractivity contribution in [2.75, 3.05) is 0 Å². The van der Waals surface area contributed by atoms with Crippen molar-refractivity contribution in [3.8, 4) is 0 Å². The summed E-state index contributed by atoms with van der Waals surface area (Å²) in [6.07, 6.45) is 0. The van der Waals surface area contributed by atoms with E-state index in [1.54, 1.807) is 5.30 Å². The highest BCUT2D eigenvalue weighted by Crippen LogP contribution is 2.44. The van der Waals surface area contributed by atoms with Gasteiger partial charge in [0.2, 0.25) is 0 Å². The minimum absolute atomic E-state index is 0.147. The third-order valence-corrected chi connectivity index (χ3v) is 18.5. The lowest BCUT2D eigenvalue weighted by molar-refractivity contribution is 1.46. The minimum atomic E-state index is -0.998. The summed E-state index contributed by atoms with van der Waals surface area (Å²) < 4.78 is 0. The Morgan fingerprint density at radius 1 is 0.882 bits per heavy atom. The fraction of sp³-hybridized carbons (Fsp3) is 0.538. The maximum Gasteiger partial charge on any atom is 0.129 e. The molecule has 0 radical (unpaired) electrons. The molecule has 0 N–H and O–H groups in total. The molecule has 1 aromatic carbocycles. The van der Waals surface area contributed by atoms with Gasteiger partial charge in [0.25, 0.3) is 0 Å². The van der Waals surface area contributed by atoms with Crippen LogP contribution in [0.3, 0.4) is 0 Å². The Morgan fingerprint density at radius 3 is 1.65 bits per heavy atom. The highest BCUT2D eigenvalue weighted by Gasteiger charge is 2.43. The van der Waals surface area contributed by atoms with Gasteiger partial charge in [0.05, 0.1) is 16.1 Å². The zero-order chi connectivity index (χ0) is 13.3. The molecular weight excluding hydrogens is 254 g/mol. The molecule has 0 saturated heterocycles. The molecule has 1 unspecified atom stereocenters. The molecule has 0 aromatic heterocycles. The predicted octanol–water partition coefficient (Wildman–Crippen LogP) is 2.93. The number of benzene rings is 1. The minimum Gasteiger partial charge on any atom is -0.142 e. The molecule has 0 saturated carbocycles. The van der Waals surface area contributed by atoms with Crippen LogP contribution in [0.15, 0.2) is 30.3 Å². The van der Waals surface area contributed by atoms with E-state index in [0.29, 0.717) is 7.57 Å². The van der Waals surface area contributed by atoms with E-state index < -0.39 is 16.1 Å². The molecule has 0 nitrogen and oxygen atoms in total. The largest absolute Gasteiger partial charge is 0.142 e. The van der Waals surface area contributed by atoms with Gasteiger partial charge in [-0.25, -0.2) is 0 Å². The van der Waals surface area contributed by atoms with Crippen molar-refractivity contribution in [3.05, 3.63) is 30.3 Å². The third-order valence-electron chi connectivity index (χ3n) is 2.82. The van der Waals surface area contributed by atoms with Gasteiger partial charge >= 0.3 is 0 Å². The maximum absolute atomic E-state index is 2.60. The van der Waals surface area contributed by atoms with E-state index in [1.807, 2.05) is 0 Å². The van der Waals surface area contributed by atoms with E-state index >= 15 is 0 Å². The van der Waals surface area contributed by atoms with Gasteiger partial charge < -0.3 is 0 Å². The molecule has 0 amide bonds. The highest BCUT2D eigenvalue weighted by atomic mass is 31.1. The van der Waals surface area contributed by atoms with E-state index in [4.69, 9.17) is 0 Å². The Bertz CT molecular complexity index is 340. The second kappa shape index (κ2) is 5.42. The number of hydrogen-bond donors (Lipinski definition) is 0. The van der Waals surface area contributed by atoms with Gasteiger partial charge in [0, 0.05) is 10.2 Å². The monoisotopic (exact) mass is 282 g/mol. The van der Waals surface area contributed by atoms with Gasteiger partial charge in [0.15, 0.2) is 0 Å². The molecule has 1 rings (SSSR count).